The molecule has 29 heavy (non-hydrogen) atoms. The van der Waals surface area contributed by atoms with Crippen molar-refractivity contribution in [2.45, 2.75) is 44.7 Å². The van der Waals surface area contributed by atoms with E-state index < -0.39 is 0 Å². The number of hydrogen-bond acceptors (Lipinski definition) is 4. The van der Waals surface area contributed by atoms with Crippen molar-refractivity contribution in [1.29, 1.82) is 0 Å². The summed E-state index contributed by atoms with van der Waals surface area (Å²) < 4.78 is 0. The van der Waals surface area contributed by atoms with Crippen LogP contribution in [0.3, 0.4) is 0 Å². The van der Waals surface area contributed by atoms with Crippen LogP contribution in [0.15, 0.2) is 48.5 Å². The summed E-state index contributed by atoms with van der Waals surface area (Å²) in [6, 6.07) is 17.2. The standard InChI is InChI=1S/C24H32ClN3O/c25-23-21(26-16-19-6-2-1-3-7-19)8-4-9-22(23)28-14-10-20(11-15-28)27-17-24(18-29)12-5-13-24/h1-4,6-9,20,26-27,29H,5,10-18H2. The van der Waals surface area contributed by atoms with Gasteiger partial charge in [0.1, 0.15) is 0 Å². The second kappa shape index (κ2) is 9.38. The van der Waals surface area contributed by atoms with Crippen molar-refractivity contribution >= 4 is 23.0 Å². The first-order valence-electron chi connectivity index (χ1n) is 10.8. The first kappa shape index (κ1) is 20.5. The number of nitrogens with one attached hydrogen (secondary N) is 2. The van der Waals surface area contributed by atoms with Crippen molar-refractivity contribution in [1.82, 2.24) is 5.32 Å². The third-order valence-electron chi connectivity index (χ3n) is 6.66. The van der Waals surface area contributed by atoms with Crippen LogP contribution in [0, 0.1) is 5.41 Å². The molecule has 1 saturated heterocycles. The topological polar surface area (TPSA) is 47.5 Å². The van der Waals surface area contributed by atoms with Crippen LogP contribution in [0.4, 0.5) is 11.4 Å². The molecule has 2 aromatic rings. The van der Waals surface area contributed by atoms with E-state index in [1.165, 1.54) is 12.0 Å². The highest BCUT2D eigenvalue weighted by atomic mass is 35.5. The molecule has 0 atom stereocenters. The van der Waals surface area contributed by atoms with Gasteiger partial charge in [0.2, 0.25) is 0 Å². The molecule has 0 unspecified atom stereocenters. The van der Waals surface area contributed by atoms with E-state index >= 15 is 0 Å². The van der Waals surface area contributed by atoms with Gasteiger partial charge in [0, 0.05) is 44.2 Å². The van der Waals surface area contributed by atoms with Crippen molar-refractivity contribution in [3.05, 3.63) is 59.1 Å². The zero-order chi connectivity index (χ0) is 20.1. The van der Waals surface area contributed by atoms with Gasteiger partial charge in [-0.05, 0) is 43.4 Å². The van der Waals surface area contributed by atoms with Crippen molar-refractivity contribution in [3.63, 3.8) is 0 Å². The van der Waals surface area contributed by atoms with E-state index in [1.54, 1.807) is 0 Å². The molecule has 4 nitrogen and oxygen atoms in total. The van der Waals surface area contributed by atoms with Gasteiger partial charge in [-0.3, -0.25) is 0 Å². The number of hydrogen-bond donors (Lipinski definition) is 3. The first-order valence-corrected chi connectivity index (χ1v) is 11.2. The molecule has 0 amide bonds. The maximum atomic E-state index is 9.66. The lowest BCUT2D eigenvalue weighted by Crippen LogP contribution is -2.49. The van der Waals surface area contributed by atoms with Crippen LogP contribution in [0.1, 0.15) is 37.7 Å². The van der Waals surface area contributed by atoms with Crippen molar-refractivity contribution in [2.24, 2.45) is 5.41 Å². The Kier molecular flexibility index (Phi) is 6.63. The van der Waals surface area contributed by atoms with Crippen LogP contribution in [-0.2, 0) is 6.54 Å². The lowest BCUT2D eigenvalue weighted by molar-refractivity contribution is 0.0412. The van der Waals surface area contributed by atoms with E-state index in [2.05, 4.69) is 58.0 Å². The quantitative estimate of drug-likeness (QED) is 0.588. The Morgan fingerprint density at radius 1 is 1.03 bits per heavy atom. The summed E-state index contributed by atoms with van der Waals surface area (Å²) in [4.78, 5) is 2.40. The van der Waals surface area contributed by atoms with Crippen LogP contribution < -0.4 is 15.5 Å². The van der Waals surface area contributed by atoms with Gasteiger partial charge in [-0.1, -0.05) is 54.4 Å². The lowest BCUT2D eigenvalue weighted by atomic mass is 9.69. The zero-order valence-electron chi connectivity index (χ0n) is 17.0. The fraction of sp³-hybridized carbons (Fsp3) is 0.500. The molecule has 1 saturated carbocycles. The monoisotopic (exact) mass is 413 g/mol. The lowest BCUT2D eigenvalue weighted by Gasteiger charge is -2.42. The molecule has 1 heterocycles. The Bertz CT molecular complexity index is 780. The number of benzene rings is 2. The summed E-state index contributed by atoms with van der Waals surface area (Å²) in [7, 11) is 0. The number of halogens is 1. The summed E-state index contributed by atoms with van der Waals surface area (Å²) in [5, 5.41) is 17.7. The minimum Gasteiger partial charge on any atom is -0.396 e. The highest BCUT2D eigenvalue weighted by Gasteiger charge is 2.36. The summed E-state index contributed by atoms with van der Waals surface area (Å²) in [6.45, 7) is 4.05. The molecule has 2 aromatic carbocycles. The molecule has 156 valence electrons. The van der Waals surface area contributed by atoms with Crippen molar-refractivity contribution in [3.8, 4) is 0 Å². The normalized spacial score (nSPS) is 19.0. The number of nitrogens with zero attached hydrogens (tertiary/aromatic N) is 1. The molecular weight excluding hydrogens is 382 g/mol. The second-order valence-corrected chi connectivity index (χ2v) is 9.01. The van der Waals surface area contributed by atoms with Crippen LogP contribution in [0.5, 0.6) is 0 Å². The third kappa shape index (κ3) is 4.88. The van der Waals surface area contributed by atoms with Gasteiger partial charge in [0.25, 0.3) is 0 Å². The second-order valence-electron chi connectivity index (χ2n) is 8.63. The van der Waals surface area contributed by atoms with Gasteiger partial charge in [-0.2, -0.15) is 0 Å². The first-order chi connectivity index (χ1) is 14.2. The highest BCUT2D eigenvalue weighted by molar-refractivity contribution is 6.36. The molecule has 4 rings (SSSR count). The van der Waals surface area contributed by atoms with Crippen LogP contribution >= 0.6 is 11.6 Å². The fourth-order valence-electron chi connectivity index (χ4n) is 4.45. The Labute approximate surface area is 179 Å². The number of aliphatic hydroxyl groups excluding tert-OH is 1. The molecule has 3 N–H and O–H groups in total. The van der Waals surface area contributed by atoms with Crippen LogP contribution in [0.2, 0.25) is 5.02 Å². The van der Waals surface area contributed by atoms with E-state index in [-0.39, 0.29) is 5.41 Å². The molecule has 0 bridgehead atoms. The number of aliphatic hydroxyl groups is 1. The van der Waals surface area contributed by atoms with Crippen LogP contribution in [-0.4, -0.2) is 37.4 Å². The summed E-state index contributed by atoms with van der Waals surface area (Å²) in [5.41, 5.74) is 3.50. The van der Waals surface area contributed by atoms with Gasteiger partial charge in [-0.25, -0.2) is 0 Å². The van der Waals surface area contributed by atoms with Gasteiger partial charge in [-0.15, -0.1) is 0 Å². The minimum absolute atomic E-state index is 0.152. The van der Waals surface area contributed by atoms with E-state index in [0.717, 1.165) is 68.3 Å². The summed E-state index contributed by atoms with van der Waals surface area (Å²) in [5.74, 6) is 0. The minimum atomic E-state index is 0.152. The molecule has 0 spiro atoms. The summed E-state index contributed by atoms with van der Waals surface area (Å²) in [6.07, 6.45) is 5.80. The van der Waals surface area contributed by atoms with E-state index in [0.29, 0.717) is 12.6 Å². The largest absolute Gasteiger partial charge is 0.396 e. The van der Waals surface area contributed by atoms with Gasteiger partial charge in [0.05, 0.1) is 16.4 Å². The van der Waals surface area contributed by atoms with Crippen LogP contribution in [0.25, 0.3) is 0 Å². The highest BCUT2D eigenvalue weighted by Crippen LogP contribution is 2.40. The Balaban J connectivity index is 1.31. The average molecular weight is 414 g/mol. The van der Waals surface area contributed by atoms with Gasteiger partial charge in [0.15, 0.2) is 0 Å². The number of piperidine rings is 1. The molecule has 2 aliphatic rings. The van der Waals surface area contributed by atoms with Crippen molar-refractivity contribution < 1.29 is 5.11 Å². The maximum absolute atomic E-state index is 9.66. The maximum Gasteiger partial charge on any atom is 0.0870 e. The molecule has 0 aromatic heterocycles. The third-order valence-corrected chi connectivity index (χ3v) is 7.05. The summed E-state index contributed by atoms with van der Waals surface area (Å²) >= 11 is 6.76. The molecular formula is C24H32ClN3O. The predicted octanol–water partition coefficient (Wildman–Crippen LogP) is 4.67. The fourth-order valence-corrected chi connectivity index (χ4v) is 4.76. The molecule has 1 aliphatic carbocycles. The SMILES string of the molecule is OCC1(CNC2CCN(c3cccc(NCc4ccccc4)c3Cl)CC2)CCC1. The number of anilines is 2. The van der Waals surface area contributed by atoms with Gasteiger partial charge < -0.3 is 20.6 Å². The zero-order valence-corrected chi connectivity index (χ0v) is 17.8. The van der Waals surface area contributed by atoms with E-state index in [4.69, 9.17) is 11.6 Å². The predicted molar refractivity (Wildman–Crippen MR) is 122 cm³/mol. The Hall–Kier alpha value is -1.75. The Morgan fingerprint density at radius 3 is 2.45 bits per heavy atom. The molecule has 0 radical (unpaired) electrons. The average Bonchev–Trinajstić information content (AvgIpc) is 2.74. The molecule has 2 fully saturated rings. The van der Waals surface area contributed by atoms with Crippen molar-refractivity contribution in [2.75, 3.05) is 36.5 Å². The van der Waals surface area contributed by atoms with E-state index in [9.17, 15) is 5.11 Å². The molecule has 5 heteroatoms. The smallest absolute Gasteiger partial charge is 0.0870 e. The Morgan fingerprint density at radius 2 is 1.79 bits per heavy atom. The van der Waals surface area contributed by atoms with E-state index in [1.807, 2.05) is 6.07 Å². The number of rotatable bonds is 8. The molecule has 1 aliphatic heterocycles. The van der Waals surface area contributed by atoms with Gasteiger partial charge >= 0.3 is 0 Å².